The van der Waals surface area contributed by atoms with Gasteiger partial charge >= 0.3 is 11.6 Å². The summed E-state index contributed by atoms with van der Waals surface area (Å²) in [6, 6.07) is 0. The molecule has 0 saturated carbocycles. The molecule has 0 aromatic heterocycles. The molecular weight excluding hydrogens is 259 g/mol. The number of nitrogens with zero attached hydrogens (tertiary/aromatic N) is 3. The molecule has 0 spiro atoms. The van der Waals surface area contributed by atoms with Gasteiger partial charge in [-0.3, -0.25) is 9.84 Å². The van der Waals surface area contributed by atoms with E-state index in [-0.39, 0.29) is 0 Å². The van der Waals surface area contributed by atoms with E-state index in [2.05, 4.69) is 53.1 Å². The zero-order valence-electron chi connectivity index (χ0n) is 6.25. The molecule has 0 N–H and O–H groups in total. The smallest absolute Gasteiger partial charge is 0.337 e. The van der Waals surface area contributed by atoms with Gasteiger partial charge in [0.15, 0.2) is 0 Å². The minimum atomic E-state index is 0.293. The van der Waals surface area contributed by atoms with Crippen molar-refractivity contribution in [3.05, 3.63) is 0 Å². The van der Waals surface area contributed by atoms with E-state index in [0.717, 1.165) is 0 Å². The molecule has 1 saturated heterocycles. The predicted octanol–water partition coefficient (Wildman–Crippen LogP) is 0.470. The SMILES string of the molecule is CN1B(Br)N(C)N(C)B1Br. The van der Waals surface area contributed by atoms with Crippen LogP contribution in [0.5, 0.6) is 0 Å². The maximum Gasteiger partial charge on any atom is 0.394 e. The van der Waals surface area contributed by atoms with Crippen molar-refractivity contribution in [2.45, 2.75) is 0 Å². The Morgan fingerprint density at radius 3 is 1.30 bits per heavy atom. The van der Waals surface area contributed by atoms with Crippen molar-refractivity contribution >= 4 is 43.1 Å². The highest BCUT2D eigenvalue weighted by Crippen LogP contribution is 2.21. The van der Waals surface area contributed by atoms with Gasteiger partial charge < -0.3 is 4.72 Å². The van der Waals surface area contributed by atoms with Crippen molar-refractivity contribution in [1.82, 2.24) is 14.6 Å². The van der Waals surface area contributed by atoms with Crippen molar-refractivity contribution in [1.29, 1.82) is 0 Å². The largest absolute Gasteiger partial charge is 0.394 e. The summed E-state index contributed by atoms with van der Waals surface area (Å²) in [6.45, 7) is 0. The van der Waals surface area contributed by atoms with Crippen LogP contribution in [-0.2, 0) is 0 Å². The quantitative estimate of drug-likeness (QED) is 0.592. The van der Waals surface area contributed by atoms with Crippen molar-refractivity contribution in [3.8, 4) is 0 Å². The van der Waals surface area contributed by atoms with Crippen LogP contribution in [0.3, 0.4) is 0 Å². The molecule has 0 aliphatic carbocycles. The topological polar surface area (TPSA) is 9.72 Å². The van der Waals surface area contributed by atoms with Gasteiger partial charge in [-0.25, -0.2) is 0 Å². The fourth-order valence-corrected chi connectivity index (χ4v) is 2.27. The maximum atomic E-state index is 3.53. The van der Waals surface area contributed by atoms with Crippen LogP contribution in [0.1, 0.15) is 0 Å². The fourth-order valence-electron chi connectivity index (χ4n) is 0.929. The highest BCUT2D eigenvalue weighted by molar-refractivity contribution is 9.26. The second-order valence-corrected chi connectivity index (χ2v) is 4.07. The van der Waals surface area contributed by atoms with Gasteiger partial charge in [0.2, 0.25) is 0 Å². The first-order valence-corrected chi connectivity index (χ1v) is 4.84. The van der Waals surface area contributed by atoms with Crippen LogP contribution in [0.4, 0.5) is 0 Å². The van der Waals surface area contributed by atoms with Gasteiger partial charge in [-0.1, -0.05) is 0 Å². The third-order valence-electron chi connectivity index (χ3n) is 1.79. The monoisotopic (exact) mass is 267 g/mol. The molecule has 0 unspecified atom stereocenters. The first-order chi connectivity index (χ1) is 4.55. The Labute approximate surface area is 78.9 Å². The second kappa shape index (κ2) is 3.15. The molecule has 56 valence electrons. The molecule has 0 aromatic carbocycles. The van der Waals surface area contributed by atoms with Crippen molar-refractivity contribution in [2.24, 2.45) is 0 Å². The number of rotatable bonds is 0. The van der Waals surface area contributed by atoms with Crippen LogP contribution >= 0.6 is 31.5 Å². The predicted molar refractivity (Wildman–Crippen MR) is 52.7 cm³/mol. The summed E-state index contributed by atoms with van der Waals surface area (Å²) in [7, 11) is 6.13. The summed E-state index contributed by atoms with van der Waals surface area (Å²) in [6.07, 6.45) is 0. The molecule has 0 amide bonds. The van der Waals surface area contributed by atoms with Gasteiger partial charge in [0, 0.05) is 0 Å². The summed E-state index contributed by atoms with van der Waals surface area (Å²) in [5, 5.41) is 0. The van der Waals surface area contributed by atoms with E-state index in [0.29, 0.717) is 11.6 Å². The minimum absolute atomic E-state index is 0.293. The summed E-state index contributed by atoms with van der Waals surface area (Å²) < 4.78 is 2.17. The summed E-state index contributed by atoms with van der Waals surface area (Å²) in [4.78, 5) is 4.22. The number of hydrogen-bond donors (Lipinski definition) is 0. The Bertz CT molecular complexity index is 92.1. The van der Waals surface area contributed by atoms with Crippen molar-refractivity contribution < 1.29 is 0 Å². The van der Waals surface area contributed by atoms with E-state index < -0.39 is 0 Å². The van der Waals surface area contributed by atoms with Crippen LogP contribution in [0.25, 0.3) is 0 Å². The Morgan fingerprint density at radius 2 is 1.20 bits per heavy atom. The third kappa shape index (κ3) is 1.30. The van der Waals surface area contributed by atoms with Gasteiger partial charge in [0.05, 0.1) is 0 Å². The van der Waals surface area contributed by atoms with Crippen LogP contribution in [0, 0.1) is 0 Å². The first-order valence-electron chi connectivity index (χ1n) is 3.01. The summed E-state index contributed by atoms with van der Waals surface area (Å²) in [5.74, 6) is 0.587. The zero-order chi connectivity index (χ0) is 7.89. The molecule has 1 fully saturated rings. The van der Waals surface area contributed by atoms with Gasteiger partial charge in [-0.05, 0) is 21.1 Å². The minimum Gasteiger partial charge on any atom is -0.337 e. The van der Waals surface area contributed by atoms with Crippen molar-refractivity contribution in [3.63, 3.8) is 0 Å². The third-order valence-corrected chi connectivity index (χ3v) is 4.26. The molecule has 1 rings (SSSR count). The normalized spacial score (nSPS) is 24.9. The molecule has 1 heterocycles. The Morgan fingerprint density at radius 1 is 0.900 bits per heavy atom. The van der Waals surface area contributed by atoms with Gasteiger partial charge in [-0.2, -0.15) is 0 Å². The number of hydrogen-bond acceptors (Lipinski definition) is 3. The average Bonchev–Trinajstić information content (AvgIpc) is 2.07. The lowest BCUT2D eigenvalue weighted by atomic mass is 10.0. The Hall–Kier alpha value is 0.970. The van der Waals surface area contributed by atoms with E-state index in [9.17, 15) is 0 Å². The molecule has 10 heavy (non-hydrogen) atoms. The van der Waals surface area contributed by atoms with Gasteiger partial charge in [0.25, 0.3) is 0 Å². The summed E-state index contributed by atoms with van der Waals surface area (Å²) in [5.41, 5.74) is 0. The second-order valence-electron chi connectivity index (χ2n) is 2.43. The lowest BCUT2D eigenvalue weighted by Gasteiger charge is -2.20. The molecule has 1 aliphatic rings. The van der Waals surface area contributed by atoms with E-state index in [4.69, 9.17) is 0 Å². The zero-order valence-corrected chi connectivity index (χ0v) is 9.42. The molecule has 0 aromatic rings. The molecular formula is C3H9B2Br2N3. The average molecular weight is 269 g/mol. The maximum absolute atomic E-state index is 3.53. The van der Waals surface area contributed by atoms with E-state index in [1.54, 1.807) is 0 Å². The molecule has 0 bridgehead atoms. The van der Waals surface area contributed by atoms with Crippen LogP contribution in [0.2, 0.25) is 0 Å². The van der Waals surface area contributed by atoms with Crippen molar-refractivity contribution in [2.75, 3.05) is 21.1 Å². The highest BCUT2D eigenvalue weighted by atomic mass is 79.9. The Balaban J connectivity index is 2.68. The molecule has 0 atom stereocenters. The molecule has 7 heteroatoms. The molecule has 3 nitrogen and oxygen atoms in total. The molecule has 1 aliphatic heterocycles. The Kier molecular flexibility index (Phi) is 2.85. The number of halogens is 2. The number of hydrazine groups is 1. The standard InChI is InChI=1S/C3H9B2Br2N3/c1-8-4(6)9(2)10(3)5(8)7/h1-3H3. The van der Waals surface area contributed by atoms with E-state index in [1.165, 1.54) is 0 Å². The lowest BCUT2D eigenvalue weighted by molar-refractivity contribution is 0.254. The summed E-state index contributed by atoms with van der Waals surface area (Å²) >= 11 is 7.06. The van der Waals surface area contributed by atoms with E-state index in [1.807, 2.05) is 14.1 Å². The first kappa shape index (κ1) is 9.06. The van der Waals surface area contributed by atoms with Crippen LogP contribution in [-0.4, -0.2) is 47.3 Å². The lowest BCUT2D eigenvalue weighted by Crippen LogP contribution is -2.37. The van der Waals surface area contributed by atoms with Gasteiger partial charge in [-0.15, -0.1) is 31.5 Å². The highest BCUT2D eigenvalue weighted by Gasteiger charge is 2.43. The van der Waals surface area contributed by atoms with Crippen LogP contribution in [0.15, 0.2) is 0 Å². The van der Waals surface area contributed by atoms with Gasteiger partial charge in [0.1, 0.15) is 0 Å². The molecule has 0 radical (unpaired) electrons. The van der Waals surface area contributed by atoms with Crippen LogP contribution < -0.4 is 0 Å². The van der Waals surface area contributed by atoms with E-state index >= 15 is 0 Å². The fraction of sp³-hybridized carbons (Fsp3) is 1.00.